The van der Waals surface area contributed by atoms with Gasteiger partial charge in [-0.2, -0.15) is 0 Å². The number of carbonyl (C=O) groups is 5. The summed E-state index contributed by atoms with van der Waals surface area (Å²) in [5.74, 6) is -2.95. The minimum Gasteiger partial charge on any atom is -0.444 e. The van der Waals surface area contributed by atoms with Crippen LogP contribution in [0.3, 0.4) is 0 Å². The van der Waals surface area contributed by atoms with Gasteiger partial charge in [0.1, 0.15) is 29.3 Å². The Labute approximate surface area is 296 Å². The molecule has 1 unspecified atom stereocenters. The highest BCUT2D eigenvalue weighted by Crippen LogP contribution is 2.45. The van der Waals surface area contributed by atoms with Crippen LogP contribution in [0, 0.1) is 11.3 Å². The maximum Gasteiger partial charge on any atom is 0.412 e. The van der Waals surface area contributed by atoms with Gasteiger partial charge < -0.3 is 25.0 Å². The lowest BCUT2D eigenvalue weighted by Gasteiger charge is -2.36. The van der Waals surface area contributed by atoms with Crippen LogP contribution >= 0.6 is 23.2 Å². The van der Waals surface area contributed by atoms with Gasteiger partial charge in [-0.15, -0.1) is 6.58 Å². The Kier molecular flexibility index (Phi) is 10.9. The summed E-state index contributed by atoms with van der Waals surface area (Å²) in [5, 5.41) is 7.39. The highest BCUT2D eigenvalue weighted by atomic mass is 35.5. The molecular weight excluding hydrogens is 701 g/mol. The van der Waals surface area contributed by atoms with Crippen molar-refractivity contribution in [3.8, 4) is 0 Å². The number of likely N-dealkylation sites (tertiary alicyclic amines) is 1. The van der Waals surface area contributed by atoms with Crippen molar-refractivity contribution >= 4 is 68.8 Å². The number of benzene rings is 1. The molecule has 14 nitrogen and oxygen atoms in total. The zero-order chi connectivity index (χ0) is 36.7. The molecule has 4 rings (SSSR count). The van der Waals surface area contributed by atoms with Crippen molar-refractivity contribution in [2.75, 3.05) is 11.9 Å². The quantitative estimate of drug-likeness (QED) is 0.256. The summed E-state index contributed by atoms with van der Waals surface area (Å²) in [5.41, 5.74) is -3.26. The number of nitrogens with zero attached hydrogens (tertiary/aromatic N) is 1. The van der Waals surface area contributed by atoms with Crippen molar-refractivity contribution in [3.63, 3.8) is 0 Å². The fourth-order valence-corrected chi connectivity index (χ4v) is 7.39. The SMILES string of the molecule is C=CC1C[C@]1(NC(=O)[C@@H]1C[C@@H](OC(=O)Nc2c(Cl)cccc2Cl)CN1C(=O)[C@@H](NC(=O)OC(C)(C)C)C(C)(C)C)C(=O)NS(=O)(=O)C1CC1. The zero-order valence-electron chi connectivity index (χ0n) is 28.2. The molecule has 2 saturated carbocycles. The summed E-state index contributed by atoms with van der Waals surface area (Å²) < 4.78 is 38.2. The molecule has 2 aliphatic carbocycles. The summed E-state index contributed by atoms with van der Waals surface area (Å²) in [7, 11) is -3.93. The molecule has 3 fully saturated rings. The van der Waals surface area contributed by atoms with Gasteiger partial charge in [0.2, 0.25) is 21.8 Å². The molecule has 5 amide bonds. The van der Waals surface area contributed by atoms with E-state index in [4.69, 9.17) is 32.7 Å². The third-order valence-electron chi connectivity index (χ3n) is 8.33. The average Bonchev–Trinajstić information content (AvgIpc) is 3.89. The Balaban J connectivity index is 1.60. The molecule has 270 valence electrons. The van der Waals surface area contributed by atoms with Crippen LogP contribution in [0.15, 0.2) is 30.9 Å². The Morgan fingerprint density at radius 3 is 2.16 bits per heavy atom. The molecule has 0 spiro atoms. The van der Waals surface area contributed by atoms with Gasteiger partial charge in [0.15, 0.2) is 0 Å². The Morgan fingerprint density at radius 2 is 1.65 bits per heavy atom. The number of nitrogens with one attached hydrogen (secondary N) is 4. The Hall–Kier alpha value is -3.56. The van der Waals surface area contributed by atoms with Gasteiger partial charge in [-0.1, -0.05) is 56.1 Å². The number of hydrogen-bond acceptors (Lipinski definition) is 9. The van der Waals surface area contributed by atoms with Gasteiger partial charge >= 0.3 is 12.2 Å². The van der Waals surface area contributed by atoms with Gasteiger partial charge in [-0.05, 0) is 57.6 Å². The molecule has 17 heteroatoms. The molecule has 1 aliphatic heterocycles. The van der Waals surface area contributed by atoms with Crippen molar-refractivity contribution in [1.29, 1.82) is 0 Å². The first-order chi connectivity index (χ1) is 22.6. The number of alkyl carbamates (subject to hydrolysis) is 1. The molecule has 3 aliphatic rings. The predicted octanol–water partition coefficient (Wildman–Crippen LogP) is 4.12. The molecule has 1 aromatic rings. The first-order valence-corrected chi connectivity index (χ1v) is 18.1. The summed E-state index contributed by atoms with van der Waals surface area (Å²) in [6.07, 6.45) is -0.657. The van der Waals surface area contributed by atoms with Crippen LogP contribution in [0.5, 0.6) is 0 Å². The van der Waals surface area contributed by atoms with Crippen molar-refractivity contribution in [3.05, 3.63) is 40.9 Å². The molecule has 49 heavy (non-hydrogen) atoms. The van der Waals surface area contributed by atoms with Gasteiger partial charge in [0.25, 0.3) is 5.91 Å². The molecule has 0 bridgehead atoms. The molecular formula is C32H43Cl2N5O9S. The van der Waals surface area contributed by atoms with Crippen LogP contribution in [-0.4, -0.2) is 84.3 Å². The largest absolute Gasteiger partial charge is 0.444 e. The smallest absolute Gasteiger partial charge is 0.412 e. The number of amides is 5. The number of para-hydroxylation sites is 1. The van der Waals surface area contributed by atoms with E-state index in [1.54, 1.807) is 47.6 Å². The topological polar surface area (TPSA) is 189 Å². The summed E-state index contributed by atoms with van der Waals surface area (Å²) in [4.78, 5) is 68.5. The second-order valence-corrected chi connectivity index (χ2v) is 17.4. The number of rotatable bonds is 10. The number of ether oxygens (including phenoxy) is 2. The van der Waals surface area contributed by atoms with Gasteiger partial charge in [-0.25, -0.2) is 18.0 Å². The molecule has 1 heterocycles. The van der Waals surface area contributed by atoms with E-state index in [9.17, 15) is 32.4 Å². The van der Waals surface area contributed by atoms with E-state index in [1.807, 2.05) is 0 Å². The van der Waals surface area contributed by atoms with Crippen LogP contribution in [-0.2, 0) is 33.9 Å². The molecule has 1 saturated heterocycles. The van der Waals surface area contributed by atoms with E-state index in [0.29, 0.717) is 12.8 Å². The van der Waals surface area contributed by atoms with Crippen LogP contribution in [0.4, 0.5) is 15.3 Å². The van der Waals surface area contributed by atoms with E-state index in [-0.39, 0.29) is 35.1 Å². The van der Waals surface area contributed by atoms with E-state index in [1.165, 1.54) is 23.1 Å². The fourth-order valence-electron chi connectivity index (χ4n) is 5.53. The lowest BCUT2D eigenvalue weighted by molar-refractivity contribution is -0.143. The van der Waals surface area contributed by atoms with E-state index < -0.39 is 85.8 Å². The van der Waals surface area contributed by atoms with Crippen molar-refractivity contribution < 1.29 is 41.9 Å². The highest BCUT2D eigenvalue weighted by molar-refractivity contribution is 7.91. The first-order valence-electron chi connectivity index (χ1n) is 15.8. The van der Waals surface area contributed by atoms with Gasteiger partial charge in [0.05, 0.1) is 27.5 Å². The number of anilines is 1. The standard InChI is InChI=1S/C32H43Cl2N5O9S/c1-8-17-15-32(17,27(42)38-49(45,46)19-12-13-19)37-25(40)22-14-18(47-28(43)35-23-20(33)10-9-11-21(23)34)16-39(22)26(41)24(30(2,3)4)36-29(44)48-31(5,6)7/h8-11,17-19,22,24H,1,12-16H2,2-7H3,(H,35,43)(H,36,44)(H,37,40)(H,38,42)/t17?,18-,22+,24-,32-/m1/s1. The van der Waals surface area contributed by atoms with Crippen LogP contribution in [0.2, 0.25) is 10.0 Å². The van der Waals surface area contributed by atoms with Gasteiger partial charge in [-0.3, -0.25) is 24.4 Å². The van der Waals surface area contributed by atoms with Gasteiger partial charge in [0, 0.05) is 12.3 Å². The molecule has 0 aromatic heterocycles. The fraction of sp³-hybridized carbons (Fsp3) is 0.594. The maximum atomic E-state index is 14.2. The normalized spacial score (nSPS) is 24.2. The minimum absolute atomic E-state index is 0.0840. The van der Waals surface area contributed by atoms with E-state index in [0.717, 1.165) is 0 Å². The third kappa shape index (κ3) is 9.17. The van der Waals surface area contributed by atoms with Crippen LogP contribution < -0.4 is 20.7 Å². The first kappa shape index (κ1) is 38.2. The van der Waals surface area contributed by atoms with E-state index >= 15 is 0 Å². The second-order valence-electron chi connectivity index (χ2n) is 14.6. The number of carbonyl (C=O) groups excluding carboxylic acids is 5. The molecule has 1 aromatic carbocycles. The van der Waals surface area contributed by atoms with E-state index in [2.05, 4.69) is 27.3 Å². The summed E-state index contributed by atoms with van der Waals surface area (Å²) in [6, 6.07) is 2.12. The zero-order valence-corrected chi connectivity index (χ0v) is 30.6. The minimum atomic E-state index is -3.93. The van der Waals surface area contributed by atoms with Crippen molar-refractivity contribution in [2.45, 2.75) is 102 Å². The van der Waals surface area contributed by atoms with Crippen molar-refractivity contribution in [2.24, 2.45) is 11.3 Å². The highest BCUT2D eigenvalue weighted by Gasteiger charge is 2.62. The Bertz CT molecular complexity index is 1620. The van der Waals surface area contributed by atoms with Crippen molar-refractivity contribution in [1.82, 2.24) is 20.3 Å². The average molecular weight is 745 g/mol. The number of halogens is 2. The lowest BCUT2D eigenvalue weighted by Crippen LogP contribution is -2.60. The third-order valence-corrected chi connectivity index (χ3v) is 10.8. The predicted molar refractivity (Wildman–Crippen MR) is 182 cm³/mol. The second kappa shape index (κ2) is 14.0. The lowest BCUT2D eigenvalue weighted by atomic mass is 9.85. The van der Waals surface area contributed by atoms with Crippen LogP contribution in [0.25, 0.3) is 0 Å². The maximum absolute atomic E-state index is 14.2. The monoisotopic (exact) mass is 743 g/mol. The summed E-state index contributed by atoms with van der Waals surface area (Å²) in [6.45, 7) is 13.6. The molecule has 5 atom stereocenters. The Morgan fingerprint density at radius 1 is 1.04 bits per heavy atom. The summed E-state index contributed by atoms with van der Waals surface area (Å²) >= 11 is 12.3. The van der Waals surface area contributed by atoms with Crippen LogP contribution in [0.1, 0.15) is 67.2 Å². The molecule has 0 radical (unpaired) electrons. The number of sulfonamides is 1. The number of hydrogen-bond donors (Lipinski definition) is 4. The molecule has 4 N–H and O–H groups in total.